The molecule has 1 heteroatoms. The Balaban J connectivity index is 2.33. The van der Waals surface area contributed by atoms with Gasteiger partial charge in [0, 0.05) is 0 Å². The number of allylic oxidation sites excluding steroid dienone is 1. The van der Waals surface area contributed by atoms with E-state index < -0.39 is 8.07 Å². The fourth-order valence-electron chi connectivity index (χ4n) is 3.23. The number of benzene rings is 3. The lowest BCUT2D eigenvalue weighted by Crippen LogP contribution is -2.66. The summed E-state index contributed by atoms with van der Waals surface area (Å²) in [6, 6.07) is 33.0. The average molecular weight is 329 g/mol. The van der Waals surface area contributed by atoms with Gasteiger partial charge < -0.3 is 0 Å². The van der Waals surface area contributed by atoms with E-state index in [4.69, 9.17) is 0 Å². The van der Waals surface area contributed by atoms with Crippen molar-refractivity contribution in [2.45, 2.75) is 13.8 Å². The second-order valence-electron chi connectivity index (χ2n) is 6.51. The molecule has 0 nitrogen and oxygen atoms in total. The van der Waals surface area contributed by atoms with Gasteiger partial charge in [-0.3, -0.25) is 0 Å². The van der Waals surface area contributed by atoms with Crippen molar-refractivity contribution < 1.29 is 0 Å². The van der Waals surface area contributed by atoms with Crippen LogP contribution in [0.1, 0.15) is 13.8 Å². The molecule has 0 saturated heterocycles. The van der Waals surface area contributed by atoms with Gasteiger partial charge in [-0.1, -0.05) is 117 Å². The number of hydrogen-bond donors (Lipinski definition) is 0. The van der Waals surface area contributed by atoms with Crippen LogP contribution in [0.15, 0.2) is 103 Å². The van der Waals surface area contributed by atoms with Crippen molar-refractivity contribution in [3.05, 3.63) is 103 Å². The Morgan fingerprint density at radius 2 is 0.917 bits per heavy atom. The van der Waals surface area contributed by atoms with E-state index in [1.165, 1.54) is 15.6 Å². The van der Waals surface area contributed by atoms with Crippen molar-refractivity contribution in [3.8, 4) is 0 Å². The van der Waals surface area contributed by atoms with Gasteiger partial charge in [-0.25, -0.2) is 0 Å². The maximum absolute atomic E-state index is 2.51. The van der Waals surface area contributed by atoms with Gasteiger partial charge in [0.1, 0.15) is 0 Å². The molecule has 0 atom stereocenters. The van der Waals surface area contributed by atoms with E-state index in [0.717, 1.165) is 0 Å². The molecule has 0 radical (unpaired) electrons. The summed E-state index contributed by atoms with van der Waals surface area (Å²) in [6.07, 6.45) is 2.37. The molecule has 0 saturated carbocycles. The van der Waals surface area contributed by atoms with E-state index in [1.54, 1.807) is 0 Å². The molecule has 0 aromatic heterocycles. The third kappa shape index (κ3) is 3.27. The SMILES string of the molecule is CC(C)C=C[Si](c1ccccc1)(c1ccccc1)c1ccccc1. The molecule has 0 aliphatic heterocycles. The van der Waals surface area contributed by atoms with Crippen molar-refractivity contribution in [2.24, 2.45) is 5.92 Å². The van der Waals surface area contributed by atoms with E-state index in [-0.39, 0.29) is 0 Å². The fourth-order valence-corrected chi connectivity index (χ4v) is 7.63. The van der Waals surface area contributed by atoms with Crippen molar-refractivity contribution in [2.75, 3.05) is 0 Å². The molecule has 3 rings (SSSR count). The Labute approximate surface area is 146 Å². The lowest BCUT2D eigenvalue weighted by Gasteiger charge is -2.31. The fraction of sp³-hybridized carbons (Fsp3) is 0.130. The van der Waals surface area contributed by atoms with Crippen molar-refractivity contribution in [1.82, 2.24) is 0 Å². The van der Waals surface area contributed by atoms with Gasteiger partial charge in [0.2, 0.25) is 0 Å². The summed E-state index contributed by atoms with van der Waals surface area (Å²) < 4.78 is 0. The predicted molar refractivity (Wildman–Crippen MR) is 108 cm³/mol. The largest absolute Gasteiger partial charge is 0.172 e. The van der Waals surface area contributed by atoms with Gasteiger partial charge in [-0.2, -0.15) is 0 Å². The highest BCUT2D eigenvalue weighted by molar-refractivity contribution is 7.14. The summed E-state index contributed by atoms with van der Waals surface area (Å²) in [5.41, 5.74) is 2.51. The third-order valence-electron chi connectivity index (χ3n) is 4.42. The minimum atomic E-state index is -2.17. The van der Waals surface area contributed by atoms with Crippen LogP contribution in [0.25, 0.3) is 0 Å². The molecule has 3 aromatic rings. The molecule has 0 spiro atoms. The van der Waals surface area contributed by atoms with Crippen LogP contribution in [0.3, 0.4) is 0 Å². The Hall–Kier alpha value is -2.38. The second kappa shape index (κ2) is 7.46. The summed E-state index contributed by atoms with van der Waals surface area (Å²) >= 11 is 0. The average Bonchev–Trinajstić information content (AvgIpc) is 2.65. The first kappa shape index (κ1) is 16.5. The van der Waals surface area contributed by atoms with Crippen LogP contribution in [0, 0.1) is 5.92 Å². The van der Waals surface area contributed by atoms with E-state index in [0.29, 0.717) is 5.92 Å². The monoisotopic (exact) mass is 328 g/mol. The van der Waals surface area contributed by atoms with Crippen LogP contribution in [0.5, 0.6) is 0 Å². The zero-order valence-corrected chi connectivity index (χ0v) is 15.4. The predicted octanol–water partition coefficient (Wildman–Crippen LogP) is 3.91. The molecule has 3 aromatic carbocycles. The molecule has 24 heavy (non-hydrogen) atoms. The standard InChI is InChI=1S/C23H24Si/c1-20(2)18-19-24(21-12-6-3-7-13-21,22-14-8-4-9-15-22)23-16-10-5-11-17-23/h3-20H,1-2H3. The molecular weight excluding hydrogens is 304 g/mol. The molecular formula is C23H24Si. The highest BCUT2D eigenvalue weighted by atomic mass is 28.3. The summed E-state index contributed by atoms with van der Waals surface area (Å²) in [6.45, 7) is 4.49. The molecule has 0 fully saturated rings. The molecule has 0 bridgehead atoms. The molecule has 0 aliphatic carbocycles. The van der Waals surface area contributed by atoms with E-state index in [9.17, 15) is 0 Å². The van der Waals surface area contributed by atoms with Crippen LogP contribution >= 0.6 is 0 Å². The molecule has 0 aliphatic rings. The highest BCUT2D eigenvalue weighted by Gasteiger charge is 2.36. The van der Waals surface area contributed by atoms with E-state index in [1.807, 2.05) is 0 Å². The quantitative estimate of drug-likeness (QED) is 0.492. The Kier molecular flexibility index (Phi) is 5.12. The third-order valence-corrected chi connectivity index (χ3v) is 8.84. The molecule has 0 heterocycles. The first-order valence-corrected chi connectivity index (χ1v) is 10.7. The van der Waals surface area contributed by atoms with Gasteiger partial charge in [-0.05, 0) is 21.5 Å². The van der Waals surface area contributed by atoms with Gasteiger partial charge in [-0.15, -0.1) is 0 Å². The molecule has 120 valence electrons. The number of rotatable bonds is 5. The van der Waals surface area contributed by atoms with Crippen molar-refractivity contribution in [3.63, 3.8) is 0 Å². The van der Waals surface area contributed by atoms with Crippen LogP contribution in [-0.4, -0.2) is 8.07 Å². The van der Waals surface area contributed by atoms with Crippen LogP contribution in [0.4, 0.5) is 0 Å². The first-order chi connectivity index (χ1) is 11.7. The van der Waals surface area contributed by atoms with Gasteiger partial charge in [0.05, 0.1) is 0 Å². The van der Waals surface area contributed by atoms with E-state index >= 15 is 0 Å². The normalized spacial score (nSPS) is 12.0. The zero-order valence-electron chi connectivity index (χ0n) is 14.4. The summed E-state index contributed by atoms with van der Waals surface area (Å²) in [4.78, 5) is 0. The summed E-state index contributed by atoms with van der Waals surface area (Å²) in [7, 11) is -2.17. The van der Waals surface area contributed by atoms with Crippen LogP contribution in [-0.2, 0) is 0 Å². The smallest absolute Gasteiger partial charge is 0.0888 e. The minimum Gasteiger partial charge on any atom is -0.0888 e. The lowest BCUT2D eigenvalue weighted by atomic mass is 10.2. The molecule has 0 N–H and O–H groups in total. The van der Waals surface area contributed by atoms with Gasteiger partial charge >= 0.3 is 0 Å². The maximum atomic E-state index is 2.51. The van der Waals surface area contributed by atoms with Gasteiger partial charge in [0.15, 0.2) is 8.07 Å². The summed E-state index contributed by atoms with van der Waals surface area (Å²) in [5.74, 6) is 0.535. The maximum Gasteiger partial charge on any atom is 0.172 e. The van der Waals surface area contributed by atoms with Crippen molar-refractivity contribution >= 4 is 23.6 Å². The second-order valence-corrected chi connectivity index (χ2v) is 10.2. The van der Waals surface area contributed by atoms with E-state index in [2.05, 4.69) is 117 Å². The number of hydrogen-bond acceptors (Lipinski definition) is 0. The highest BCUT2D eigenvalue weighted by Crippen LogP contribution is 2.11. The Bertz CT molecular complexity index is 677. The Morgan fingerprint density at radius 1 is 0.583 bits per heavy atom. The van der Waals surface area contributed by atoms with Gasteiger partial charge in [0.25, 0.3) is 0 Å². The molecule has 0 unspecified atom stereocenters. The van der Waals surface area contributed by atoms with Crippen LogP contribution < -0.4 is 15.6 Å². The lowest BCUT2D eigenvalue weighted by molar-refractivity contribution is 0.833. The summed E-state index contributed by atoms with van der Waals surface area (Å²) in [5, 5.41) is 4.29. The molecule has 0 amide bonds. The first-order valence-electron chi connectivity index (χ1n) is 8.59. The minimum absolute atomic E-state index is 0.535. The van der Waals surface area contributed by atoms with Crippen molar-refractivity contribution in [1.29, 1.82) is 0 Å². The topological polar surface area (TPSA) is 0 Å². The zero-order chi connectivity index (χ0) is 16.8. The van der Waals surface area contributed by atoms with Crippen LogP contribution in [0.2, 0.25) is 0 Å². The Morgan fingerprint density at radius 3 is 1.21 bits per heavy atom.